The molecular weight excluding hydrogens is 204 g/mol. The molecule has 0 unspecified atom stereocenters. The number of nitrogens with zero attached hydrogens (tertiary/aromatic N) is 1. The molecule has 5 heteroatoms. The Labute approximate surface area is 86.1 Å². The van der Waals surface area contributed by atoms with E-state index in [1.807, 2.05) is 0 Å². The number of halogens is 2. The summed E-state index contributed by atoms with van der Waals surface area (Å²) < 4.78 is 31.2. The summed E-state index contributed by atoms with van der Waals surface area (Å²) in [6.07, 6.45) is 0.284. The average molecular weight is 215 g/mol. The van der Waals surface area contributed by atoms with Gasteiger partial charge < -0.3 is 4.74 Å². The van der Waals surface area contributed by atoms with Crippen LogP contribution in [-0.2, 0) is 15.5 Å². The molecule has 0 radical (unpaired) electrons. The van der Waals surface area contributed by atoms with E-state index in [2.05, 4.69) is 9.72 Å². The van der Waals surface area contributed by atoms with Crippen LogP contribution in [0.3, 0.4) is 0 Å². The number of alkyl halides is 2. The van der Waals surface area contributed by atoms with Crippen molar-refractivity contribution in [3.05, 3.63) is 30.1 Å². The first kappa shape index (κ1) is 11.6. The Kier molecular flexibility index (Phi) is 3.71. The zero-order valence-electron chi connectivity index (χ0n) is 8.24. The normalized spacial score (nSPS) is 11.1. The average Bonchev–Trinajstić information content (AvgIpc) is 2.18. The van der Waals surface area contributed by atoms with E-state index in [4.69, 9.17) is 0 Å². The molecule has 1 aromatic heterocycles. The molecule has 0 aliphatic heterocycles. The molecule has 0 atom stereocenters. The lowest BCUT2D eigenvalue weighted by Crippen LogP contribution is -2.21. The van der Waals surface area contributed by atoms with Crippen LogP contribution in [0, 0.1) is 0 Å². The fourth-order valence-corrected chi connectivity index (χ4v) is 1.06. The Bertz CT molecular complexity index is 327. The molecule has 0 aromatic carbocycles. The van der Waals surface area contributed by atoms with Gasteiger partial charge in [0.1, 0.15) is 12.1 Å². The smallest absolute Gasteiger partial charge is 0.312 e. The van der Waals surface area contributed by atoms with Crippen LogP contribution in [-0.4, -0.2) is 17.6 Å². The summed E-state index contributed by atoms with van der Waals surface area (Å²) in [6, 6.07) is 4.16. The quantitative estimate of drug-likeness (QED) is 0.722. The van der Waals surface area contributed by atoms with Gasteiger partial charge >= 0.3 is 5.97 Å². The van der Waals surface area contributed by atoms with E-state index < -0.39 is 24.0 Å². The minimum Gasteiger partial charge on any atom is -0.466 e. The van der Waals surface area contributed by atoms with Crippen molar-refractivity contribution < 1.29 is 18.3 Å². The van der Waals surface area contributed by atoms with E-state index in [-0.39, 0.29) is 6.61 Å². The Balaban J connectivity index is 2.71. The molecule has 0 saturated heterocycles. The van der Waals surface area contributed by atoms with Crippen LogP contribution in [0.1, 0.15) is 19.0 Å². The molecule has 3 nitrogen and oxygen atoms in total. The predicted octanol–water partition coefficient (Wildman–Crippen LogP) is 2.13. The minimum atomic E-state index is -3.27. The van der Waals surface area contributed by atoms with Gasteiger partial charge in [-0.3, -0.25) is 9.78 Å². The molecule has 1 rings (SSSR count). The van der Waals surface area contributed by atoms with Crippen LogP contribution in [0.4, 0.5) is 8.78 Å². The number of aromatic nitrogens is 1. The number of ether oxygens (including phenoxy) is 1. The highest BCUT2D eigenvalue weighted by atomic mass is 19.3. The van der Waals surface area contributed by atoms with Crippen LogP contribution < -0.4 is 0 Å². The molecule has 1 aromatic rings. The molecule has 0 spiro atoms. The third-order valence-corrected chi connectivity index (χ3v) is 1.71. The molecule has 0 aliphatic carbocycles. The van der Waals surface area contributed by atoms with E-state index in [0.717, 1.165) is 0 Å². The van der Waals surface area contributed by atoms with Crippen LogP contribution >= 0.6 is 0 Å². The number of esters is 1. The van der Waals surface area contributed by atoms with Crippen molar-refractivity contribution in [1.29, 1.82) is 0 Å². The van der Waals surface area contributed by atoms with Crippen LogP contribution in [0.25, 0.3) is 0 Å². The summed E-state index contributed by atoms with van der Waals surface area (Å²) in [5.41, 5.74) is -0.418. The second kappa shape index (κ2) is 4.82. The zero-order valence-corrected chi connectivity index (χ0v) is 8.24. The predicted molar refractivity (Wildman–Crippen MR) is 49.4 cm³/mol. The first-order valence-electron chi connectivity index (χ1n) is 4.51. The van der Waals surface area contributed by atoms with Gasteiger partial charge in [0, 0.05) is 6.20 Å². The fourth-order valence-electron chi connectivity index (χ4n) is 1.06. The second-order valence-electron chi connectivity index (χ2n) is 2.90. The third-order valence-electron chi connectivity index (χ3n) is 1.71. The lowest BCUT2D eigenvalue weighted by molar-refractivity contribution is -0.152. The molecule has 0 N–H and O–H groups in total. The summed E-state index contributed by atoms with van der Waals surface area (Å²) >= 11 is 0. The van der Waals surface area contributed by atoms with Crippen molar-refractivity contribution in [1.82, 2.24) is 4.98 Å². The number of rotatable bonds is 4. The Morgan fingerprint density at radius 2 is 2.27 bits per heavy atom. The topological polar surface area (TPSA) is 39.2 Å². The van der Waals surface area contributed by atoms with E-state index in [9.17, 15) is 13.6 Å². The van der Waals surface area contributed by atoms with E-state index in [0.29, 0.717) is 0 Å². The van der Waals surface area contributed by atoms with Gasteiger partial charge in [0.05, 0.1) is 6.61 Å². The Morgan fingerprint density at radius 3 is 2.80 bits per heavy atom. The van der Waals surface area contributed by atoms with Gasteiger partial charge in [-0.05, 0) is 19.1 Å². The van der Waals surface area contributed by atoms with Crippen molar-refractivity contribution in [3.63, 3.8) is 0 Å². The molecule has 1 heterocycles. The largest absolute Gasteiger partial charge is 0.466 e. The number of pyridine rings is 1. The van der Waals surface area contributed by atoms with E-state index in [1.165, 1.54) is 24.4 Å². The van der Waals surface area contributed by atoms with Crippen LogP contribution in [0.5, 0.6) is 0 Å². The molecule has 82 valence electrons. The highest BCUT2D eigenvalue weighted by molar-refractivity contribution is 5.70. The molecule has 0 fully saturated rings. The molecule has 0 saturated carbocycles. The fraction of sp³-hybridized carbons (Fsp3) is 0.400. The second-order valence-corrected chi connectivity index (χ2v) is 2.90. The van der Waals surface area contributed by atoms with Crippen LogP contribution in [0.2, 0.25) is 0 Å². The molecule has 0 amide bonds. The highest BCUT2D eigenvalue weighted by Crippen LogP contribution is 2.30. The summed E-state index contributed by atoms with van der Waals surface area (Å²) in [7, 11) is 0. The van der Waals surface area contributed by atoms with Gasteiger partial charge in [-0.25, -0.2) is 0 Å². The standard InChI is InChI=1S/C10H11F2NO2/c1-2-15-9(14)7-10(11,12)8-5-3-4-6-13-8/h3-6H,2,7H2,1H3. The highest BCUT2D eigenvalue weighted by Gasteiger charge is 2.36. The first-order valence-corrected chi connectivity index (χ1v) is 4.51. The van der Waals surface area contributed by atoms with E-state index >= 15 is 0 Å². The van der Waals surface area contributed by atoms with Gasteiger partial charge in [-0.2, -0.15) is 8.78 Å². The maximum Gasteiger partial charge on any atom is 0.312 e. The van der Waals surface area contributed by atoms with Crippen molar-refractivity contribution in [2.75, 3.05) is 6.61 Å². The lowest BCUT2D eigenvalue weighted by Gasteiger charge is -2.14. The first-order chi connectivity index (χ1) is 7.06. The van der Waals surface area contributed by atoms with Crippen molar-refractivity contribution in [2.45, 2.75) is 19.3 Å². The van der Waals surface area contributed by atoms with Crippen molar-refractivity contribution in [3.8, 4) is 0 Å². The van der Waals surface area contributed by atoms with Crippen molar-refractivity contribution >= 4 is 5.97 Å². The van der Waals surface area contributed by atoms with Gasteiger partial charge in [-0.15, -0.1) is 0 Å². The van der Waals surface area contributed by atoms with Crippen molar-refractivity contribution in [2.24, 2.45) is 0 Å². The van der Waals surface area contributed by atoms with Gasteiger partial charge in [0.25, 0.3) is 5.92 Å². The lowest BCUT2D eigenvalue weighted by atomic mass is 10.1. The SMILES string of the molecule is CCOC(=O)CC(F)(F)c1ccccn1. The van der Waals surface area contributed by atoms with Gasteiger partial charge in [0.15, 0.2) is 0 Å². The van der Waals surface area contributed by atoms with Gasteiger partial charge in [0.2, 0.25) is 0 Å². The summed E-state index contributed by atoms with van der Waals surface area (Å²) in [4.78, 5) is 14.4. The minimum absolute atomic E-state index is 0.0944. The monoisotopic (exact) mass is 215 g/mol. The summed E-state index contributed by atoms with van der Waals surface area (Å²) in [6.45, 7) is 1.66. The summed E-state index contributed by atoms with van der Waals surface area (Å²) in [5.74, 6) is -4.19. The Morgan fingerprint density at radius 1 is 1.53 bits per heavy atom. The molecular formula is C10H11F2NO2. The molecule has 0 bridgehead atoms. The zero-order chi connectivity index (χ0) is 11.3. The number of hydrogen-bond acceptors (Lipinski definition) is 3. The molecule has 0 aliphatic rings. The number of carbonyl (C=O) groups excluding carboxylic acids is 1. The van der Waals surface area contributed by atoms with Gasteiger partial charge in [-0.1, -0.05) is 6.07 Å². The maximum atomic E-state index is 13.4. The van der Waals surface area contributed by atoms with E-state index in [1.54, 1.807) is 6.92 Å². The third kappa shape index (κ3) is 3.27. The maximum absolute atomic E-state index is 13.4. The van der Waals surface area contributed by atoms with Crippen LogP contribution in [0.15, 0.2) is 24.4 Å². The molecule has 15 heavy (non-hydrogen) atoms. The summed E-state index contributed by atoms with van der Waals surface area (Å²) in [5, 5.41) is 0. The number of carbonyl (C=O) groups is 1. The number of hydrogen-bond donors (Lipinski definition) is 0. The Hall–Kier alpha value is -1.52.